The number of carbonyl (C=O) groups excluding carboxylic acids is 3. The molecule has 0 radical (unpaired) electrons. The molecule has 1 aliphatic heterocycles. The number of oxazole rings is 1. The molecule has 12 heteroatoms. The van der Waals surface area contributed by atoms with E-state index in [1.54, 1.807) is 24.3 Å². The molecule has 1 aliphatic rings. The zero-order valence-corrected chi connectivity index (χ0v) is 17.9. The highest BCUT2D eigenvalue weighted by Gasteiger charge is 2.36. The minimum Gasteiger partial charge on any atom is -0.451 e. The van der Waals surface area contributed by atoms with Gasteiger partial charge in [-0.05, 0) is 44.2 Å². The van der Waals surface area contributed by atoms with E-state index in [0.29, 0.717) is 5.52 Å². The summed E-state index contributed by atoms with van der Waals surface area (Å²) in [6.45, 7) is 2.19. The van der Waals surface area contributed by atoms with Crippen LogP contribution in [0.15, 0.2) is 51.7 Å². The Morgan fingerprint density at radius 1 is 1.12 bits per heavy atom. The molecular weight excluding hydrogens is 459 g/mol. The lowest BCUT2D eigenvalue weighted by molar-refractivity contribution is -0.156. The molecule has 9 nitrogen and oxygen atoms in total. The first-order chi connectivity index (χ1) is 16.0. The van der Waals surface area contributed by atoms with Gasteiger partial charge in [0.15, 0.2) is 11.7 Å². The van der Waals surface area contributed by atoms with E-state index in [-0.39, 0.29) is 17.0 Å². The maximum absolute atomic E-state index is 13.0. The summed E-state index contributed by atoms with van der Waals surface area (Å²) in [6, 6.07) is 7.87. The predicted molar refractivity (Wildman–Crippen MR) is 113 cm³/mol. The van der Waals surface area contributed by atoms with Gasteiger partial charge in [-0.2, -0.15) is 13.2 Å². The normalized spacial score (nSPS) is 15.4. The Balaban J connectivity index is 1.55. The molecule has 0 saturated carbocycles. The van der Waals surface area contributed by atoms with E-state index in [0.717, 1.165) is 27.7 Å². The number of alkyl halides is 3. The SMILES string of the molecule is C[C@H](OC(=O)[C@H](C)n1c(=O)oc2ccccc21)C(=O)N1CC(=O)Nc2cc(C(F)(F)F)ccc21. The Labute approximate surface area is 189 Å². The van der Waals surface area contributed by atoms with E-state index in [1.807, 2.05) is 0 Å². The molecule has 2 heterocycles. The topological polar surface area (TPSA) is 111 Å². The molecule has 3 aromatic rings. The molecule has 1 aromatic heterocycles. The first kappa shape index (κ1) is 23.1. The average molecular weight is 477 g/mol. The Bertz CT molecular complexity index is 1360. The fourth-order valence-corrected chi connectivity index (χ4v) is 3.66. The van der Waals surface area contributed by atoms with E-state index >= 15 is 0 Å². The zero-order chi connectivity index (χ0) is 24.8. The second-order valence-corrected chi connectivity index (χ2v) is 7.66. The van der Waals surface area contributed by atoms with Gasteiger partial charge in [-0.1, -0.05) is 12.1 Å². The van der Waals surface area contributed by atoms with Gasteiger partial charge in [0.05, 0.1) is 22.5 Å². The fraction of sp³-hybridized carbons (Fsp3) is 0.273. The molecule has 2 aromatic carbocycles. The number of aromatic nitrogens is 1. The number of esters is 1. The molecule has 0 unspecified atom stereocenters. The van der Waals surface area contributed by atoms with Crippen molar-refractivity contribution in [1.29, 1.82) is 0 Å². The highest BCUT2D eigenvalue weighted by molar-refractivity contribution is 6.11. The minimum atomic E-state index is -4.64. The lowest BCUT2D eigenvalue weighted by Crippen LogP contribution is -2.47. The summed E-state index contributed by atoms with van der Waals surface area (Å²) in [6.07, 6.45) is -6.04. The third-order valence-corrected chi connectivity index (χ3v) is 5.34. The number of ether oxygens (including phenoxy) is 1. The van der Waals surface area contributed by atoms with Crippen molar-refractivity contribution in [2.45, 2.75) is 32.2 Å². The van der Waals surface area contributed by atoms with Crippen LogP contribution < -0.4 is 16.0 Å². The van der Waals surface area contributed by atoms with Crippen LogP contribution in [0.2, 0.25) is 0 Å². The van der Waals surface area contributed by atoms with Crippen molar-refractivity contribution >= 4 is 40.3 Å². The van der Waals surface area contributed by atoms with Crippen molar-refractivity contribution in [2.24, 2.45) is 0 Å². The van der Waals surface area contributed by atoms with Gasteiger partial charge in [-0.3, -0.25) is 19.1 Å². The molecule has 0 spiro atoms. The third-order valence-electron chi connectivity index (χ3n) is 5.34. The van der Waals surface area contributed by atoms with Crippen molar-refractivity contribution < 1.29 is 36.7 Å². The van der Waals surface area contributed by atoms with Gasteiger partial charge in [0.1, 0.15) is 12.6 Å². The Kier molecular flexibility index (Phi) is 5.67. The molecule has 0 aliphatic carbocycles. The largest absolute Gasteiger partial charge is 0.451 e. The standard InChI is InChI=1S/C22H18F3N3O6/c1-11(28-16-5-3-4-6-17(16)34-21(28)32)20(31)33-12(2)19(30)27-10-18(29)26-14-9-13(22(23,24)25)7-8-15(14)27/h3-9,11-12H,10H2,1-2H3,(H,26,29)/t11-,12-/m0/s1. The van der Waals surface area contributed by atoms with Gasteiger partial charge >= 0.3 is 17.9 Å². The smallest absolute Gasteiger partial charge is 0.420 e. The van der Waals surface area contributed by atoms with Crippen molar-refractivity contribution in [2.75, 3.05) is 16.8 Å². The van der Waals surface area contributed by atoms with Gasteiger partial charge in [-0.15, -0.1) is 0 Å². The molecular formula is C22H18F3N3O6. The highest BCUT2D eigenvalue weighted by atomic mass is 19.4. The summed E-state index contributed by atoms with van der Waals surface area (Å²) >= 11 is 0. The number of benzene rings is 2. The lowest BCUT2D eigenvalue weighted by atomic mass is 10.1. The first-order valence-electron chi connectivity index (χ1n) is 10.1. The van der Waals surface area contributed by atoms with Crippen LogP contribution in [0.4, 0.5) is 24.5 Å². The minimum absolute atomic E-state index is 0.0330. The number of nitrogens with one attached hydrogen (secondary N) is 1. The van der Waals surface area contributed by atoms with Crippen molar-refractivity contribution in [3.63, 3.8) is 0 Å². The number of nitrogens with zero attached hydrogens (tertiary/aromatic N) is 2. The first-order valence-corrected chi connectivity index (χ1v) is 10.1. The molecule has 0 saturated heterocycles. The van der Waals surface area contributed by atoms with E-state index < -0.39 is 54.0 Å². The van der Waals surface area contributed by atoms with E-state index in [4.69, 9.17) is 9.15 Å². The second kappa shape index (κ2) is 8.36. The Hall–Kier alpha value is -4.09. The van der Waals surface area contributed by atoms with Crippen LogP contribution in [0.5, 0.6) is 0 Å². The summed E-state index contributed by atoms with van der Waals surface area (Å²) in [5.74, 6) is -3.22. The van der Waals surface area contributed by atoms with E-state index in [9.17, 15) is 32.3 Å². The fourth-order valence-electron chi connectivity index (χ4n) is 3.66. The Morgan fingerprint density at radius 2 is 1.82 bits per heavy atom. The molecule has 2 amide bonds. The summed E-state index contributed by atoms with van der Waals surface area (Å²) in [4.78, 5) is 50.9. The van der Waals surface area contributed by atoms with Crippen LogP contribution in [0.3, 0.4) is 0 Å². The van der Waals surface area contributed by atoms with Crippen LogP contribution in [0.25, 0.3) is 11.1 Å². The number of hydrogen-bond acceptors (Lipinski definition) is 6. The van der Waals surface area contributed by atoms with Crippen LogP contribution >= 0.6 is 0 Å². The molecule has 1 N–H and O–H groups in total. The van der Waals surface area contributed by atoms with Gasteiger partial charge in [0.2, 0.25) is 5.91 Å². The summed E-state index contributed by atoms with van der Waals surface area (Å²) in [7, 11) is 0. The van der Waals surface area contributed by atoms with Gasteiger partial charge in [0, 0.05) is 0 Å². The average Bonchev–Trinajstić information content (AvgIpc) is 3.11. The monoisotopic (exact) mass is 477 g/mol. The molecule has 0 bridgehead atoms. The highest BCUT2D eigenvalue weighted by Crippen LogP contribution is 2.37. The van der Waals surface area contributed by atoms with Crippen molar-refractivity contribution in [3.05, 3.63) is 58.6 Å². The Morgan fingerprint density at radius 3 is 2.53 bits per heavy atom. The van der Waals surface area contributed by atoms with Gasteiger partial charge in [-0.25, -0.2) is 9.59 Å². The molecule has 2 atom stereocenters. The molecule has 34 heavy (non-hydrogen) atoms. The number of amides is 2. The maximum Gasteiger partial charge on any atom is 0.420 e. The summed E-state index contributed by atoms with van der Waals surface area (Å²) < 4.78 is 50.5. The van der Waals surface area contributed by atoms with Crippen molar-refractivity contribution in [3.8, 4) is 0 Å². The second-order valence-electron chi connectivity index (χ2n) is 7.66. The summed E-state index contributed by atoms with van der Waals surface area (Å²) in [5.41, 5.74) is -0.524. The number of halogens is 3. The number of hydrogen-bond donors (Lipinski definition) is 1. The van der Waals surface area contributed by atoms with Crippen molar-refractivity contribution in [1.82, 2.24) is 4.57 Å². The zero-order valence-electron chi connectivity index (χ0n) is 17.9. The quantitative estimate of drug-likeness (QED) is 0.579. The number of para-hydroxylation sites is 2. The number of anilines is 2. The molecule has 0 fully saturated rings. The van der Waals surface area contributed by atoms with Crippen LogP contribution in [0, 0.1) is 0 Å². The van der Waals surface area contributed by atoms with Gasteiger partial charge < -0.3 is 14.5 Å². The number of carbonyl (C=O) groups is 3. The molecule has 4 rings (SSSR count). The van der Waals surface area contributed by atoms with Crippen LogP contribution in [0.1, 0.15) is 25.5 Å². The number of fused-ring (bicyclic) bond motifs is 2. The van der Waals surface area contributed by atoms with Gasteiger partial charge in [0.25, 0.3) is 5.91 Å². The number of rotatable bonds is 4. The van der Waals surface area contributed by atoms with Crippen LogP contribution in [-0.2, 0) is 25.3 Å². The predicted octanol–water partition coefficient (Wildman–Crippen LogP) is 3.09. The van der Waals surface area contributed by atoms with E-state index in [2.05, 4.69) is 5.32 Å². The third kappa shape index (κ3) is 4.14. The molecule has 178 valence electrons. The van der Waals surface area contributed by atoms with Crippen LogP contribution in [-0.4, -0.2) is 35.0 Å². The maximum atomic E-state index is 13.0. The lowest BCUT2D eigenvalue weighted by Gasteiger charge is -2.31. The summed E-state index contributed by atoms with van der Waals surface area (Å²) in [5, 5.41) is 2.31. The van der Waals surface area contributed by atoms with E-state index in [1.165, 1.54) is 13.8 Å².